The first-order chi connectivity index (χ1) is 13.8. The van der Waals surface area contributed by atoms with Crippen LogP contribution in [0.1, 0.15) is 66.9 Å². The van der Waals surface area contributed by atoms with E-state index in [-0.39, 0.29) is 28.5 Å². The Hall–Kier alpha value is -2.74. The number of sulfone groups is 1. The number of rotatable bonds is 6. The first kappa shape index (κ1) is 23.5. The molecular weight excluding hydrogens is 404 g/mol. The molecule has 0 aliphatic carbocycles. The smallest absolute Gasteiger partial charge is 0.312 e. The van der Waals surface area contributed by atoms with Gasteiger partial charge in [0.2, 0.25) is 11.7 Å². The molecule has 0 atom stereocenters. The quantitative estimate of drug-likeness (QED) is 0.509. The summed E-state index contributed by atoms with van der Waals surface area (Å²) in [5.41, 5.74) is 3.77. The van der Waals surface area contributed by atoms with E-state index < -0.39 is 15.8 Å². The van der Waals surface area contributed by atoms with Crippen LogP contribution in [0.15, 0.2) is 22.6 Å². The molecule has 1 heterocycles. The van der Waals surface area contributed by atoms with Gasteiger partial charge >= 0.3 is 5.97 Å². The number of carbonyl (C=O) groups is 2. The van der Waals surface area contributed by atoms with Crippen molar-refractivity contribution in [3.63, 3.8) is 0 Å². The second-order valence-corrected chi connectivity index (χ2v) is 9.54. The molecule has 2 rings (SSSR count). The molecule has 162 valence electrons. The van der Waals surface area contributed by atoms with Crippen molar-refractivity contribution in [1.29, 1.82) is 0 Å². The Labute approximate surface area is 177 Å². The van der Waals surface area contributed by atoms with Crippen molar-refractivity contribution in [2.24, 2.45) is 7.05 Å². The number of aryl methyl sites for hydroxylation is 2. The molecule has 0 radical (unpaired) electrons. The third-order valence-electron chi connectivity index (χ3n) is 5.09. The molecule has 1 aromatic carbocycles. The van der Waals surface area contributed by atoms with Crippen LogP contribution in [0.4, 0.5) is 0 Å². The summed E-state index contributed by atoms with van der Waals surface area (Å²) in [6.45, 7) is 10.7. The largest absolute Gasteiger partial charge is 0.407 e. The molecule has 0 amide bonds. The summed E-state index contributed by atoms with van der Waals surface area (Å²) in [4.78, 5) is 25.5. The van der Waals surface area contributed by atoms with Gasteiger partial charge in [0.25, 0.3) is 0 Å². The summed E-state index contributed by atoms with van der Waals surface area (Å²) in [7, 11) is -1.91. The van der Waals surface area contributed by atoms with Gasteiger partial charge in [0, 0.05) is 25.3 Å². The Morgan fingerprint density at radius 1 is 1.10 bits per heavy atom. The zero-order valence-electron chi connectivity index (χ0n) is 18.7. The molecule has 0 aliphatic heterocycles. The van der Waals surface area contributed by atoms with E-state index in [1.54, 1.807) is 27.8 Å². The molecular formula is C22H28N2O5S. The summed E-state index contributed by atoms with van der Waals surface area (Å²) in [6.07, 6.45) is 1.31. The van der Waals surface area contributed by atoms with Gasteiger partial charge in [-0.3, -0.25) is 9.59 Å². The van der Waals surface area contributed by atoms with Gasteiger partial charge in [-0.2, -0.15) is 5.10 Å². The summed E-state index contributed by atoms with van der Waals surface area (Å²) in [5, 5.41) is 4.23. The van der Waals surface area contributed by atoms with Crippen LogP contribution in [0, 0.1) is 13.8 Å². The molecule has 0 aliphatic rings. The van der Waals surface area contributed by atoms with Crippen LogP contribution in [0.5, 0.6) is 5.88 Å². The second kappa shape index (κ2) is 8.55. The van der Waals surface area contributed by atoms with Crippen LogP contribution in [0.2, 0.25) is 0 Å². The fourth-order valence-electron chi connectivity index (χ4n) is 3.29. The van der Waals surface area contributed by atoms with E-state index in [0.717, 1.165) is 17.4 Å². The van der Waals surface area contributed by atoms with E-state index >= 15 is 0 Å². The van der Waals surface area contributed by atoms with E-state index in [0.29, 0.717) is 22.4 Å². The van der Waals surface area contributed by atoms with Crippen molar-refractivity contribution in [1.82, 2.24) is 9.78 Å². The van der Waals surface area contributed by atoms with Crippen molar-refractivity contribution in [3.8, 4) is 5.88 Å². The van der Waals surface area contributed by atoms with Crippen molar-refractivity contribution in [2.75, 3.05) is 6.26 Å². The van der Waals surface area contributed by atoms with E-state index in [1.807, 2.05) is 20.8 Å². The lowest BCUT2D eigenvalue weighted by atomic mass is 9.91. The normalized spacial score (nSPS) is 11.3. The average Bonchev–Trinajstić information content (AvgIpc) is 2.92. The third-order valence-corrected chi connectivity index (χ3v) is 6.23. The molecule has 0 bridgehead atoms. The second-order valence-electron chi connectivity index (χ2n) is 7.55. The van der Waals surface area contributed by atoms with Crippen molar-refractivity contribution in [2.45, 2.75) is 52.9 Å². The van der Waals surface area contributed by atoms with Gasteiger partial charge in [0.15, 0.2) is 9.84 Å². The molecule has 0 N–H and O–H groups in total. The Balaban J connectivity index is 2.79. The number of hydrogen-bond donors (Lipinski definition) is 0. The molecule has 7 nitrogen and oxygen atoms in total. The Morgan fingerprint density at radius 3 is 2.20 bits per heavy atom. The highest BCUT2D eigenvalue weighted by Gasteiger charge is 2.28. The van der Waals surface area contributed by atoms with E-state index in [9.17, 15) is 18.0 Å². The van der Waals surface area contributed by atoms with Crippen LogP contribution in [0.25, 0.3) is 5.57 Å². The third kappa shape index (κ3) is 4.38. The topological polar surface area (TPSA) is 95.3 Å². The minimum atomic E-state index is -3.50. The van der Waals surface area contributed by atoms with Crippen LogP contribution in [-0.2, 0) is 21.7 Å². The zero-order valence-corrected chi connectivity index (χ0v) is 19.5. The van der Waals surface area contributed by atoms with Crippen molar-refractivity contribution in [3.05, 3.63) is 45.7 Å². The monoisotopic (exact) mass is 432 g/mol. The maximum atomic E-state index is 13.5. The number of ether oxygens (including phenoxy) is 1. The van der Waals surface area contributed by atoms with Crippen molar-refractivity contribution < 1.29 is 22.7 Å². The van der Waals surface area contributed by atoms with Crippen molar-refractivity contribution >= 4 is 27.2 Å². The fourth-order valence-corrected chi connectivity index (χ4v) is 4.28. The maximum absolute atomic E-state index is 13.5. The van der Waals surface area contributed by atoms with Gasteiger partial charge in [-0.1, -0.05) is 12.5 Å². The Kier molecular flexibility index (Phi) is 6.71. The Bertz CT molecular complexity index is 1170. The van der Waals surface area contributed by atoms with Crippen LogP contribution < -0.4 is 4.74 Å². The van der Waals surface area contributed by atoms with E-state index in [2.05, 4.69) is 5.10 Å². The highest BCUT2D eigenvalue weighted by molar-refractivity contribution is 7.90. The molecule has 0 spiro atoms. The summed E-state index contributed by atoms with van der Waals surface area (Å²) in [5.74, 6) is -0.770. The van der Waals surface area contributed by atoms with Gasteiger partial charge in [0.1, 0.15) is 5.56 Å². The first-order valence-corrected chi connectivity index (χ1v) is 11.5. The predicted molar refractivity (Wildman–Crippen MR) is 116 cm³/mol. The standard InChI is InChI=1S/C22H28N2O5S/c1-9-18(25)29-22-20(15(6)23-24(22)7)21(26)16-10-11-17(30(8,27)28)19(14(16)5)13(4)12(2)3/h10-11H,9H2,1-8H3. The zero-order chi connectivity index (χ0) is 23.0. The number of esters is 1. The molecule has 8 heteroatoms. The van der Waals surface area contributed by atoms with Gasteiger partial charge in [0.05, 0.1) is 10.6 Å². The number of aromatic nitrogens is 2. The van der Waals surface area contributed by atoms with Gasteiger partial charge < -0.3 is 4.74 Å². The molecule has 0 fully saturated rings. The number of allylic oxidation sites excluding steroid dienone is 2. The fraction of sp³-hybridized carbons (Fsp3) is 0.409. The molecule has 0 saturated carbocycles. The average molecular weight is 433 g/mol. The molecule has 0 unspecified atom stereocenters. The number of ketones is 1. The molecule has 0 saturated heterocycles. The minimum Gasteiger partial charge on any atom is -0.407 e. The van der Waals surface area contributed by atoms with E-state index in [1.165, 1.54) is 16.8 Å². The number of carbonyl (C=O) groups excluding carboxylic acids is 2. The number of hydrogen-bond acceptors (Lipinski definition) is 6. The highest BCUT2D eigenvalue weighted by atomic mass is 32.2. The van der Waals surface area contributed by atoms with Crippen LogP contribution in [0.3, 0.4) is 0 Å². The first-order valence-electron chi connectivity index (χ1n) is 9.58. The number of benzene rings is 1. The van der Waals surface area contributed by atoms with E-state index in [4.69, 9.17) is 4.74 Å². The summed E-state index contributed by atoms with van der Waals surface area (Å²) >= 11 is 0. The summed E-state index contributed by atoms with van der Waals surface area (Å²) < 4.78 is 31.5. The molecule has 2 aromatic rings. The molecule has 30 heavy (non-hydrogen) atoms. The number of nitrogens with zero attached hydrogens (tertiary/aromatic N) is 2. The van der Waals surface area contributed by atoms with Crippen LogP contribution in [-0.4, -0.2) is 36.2 Å². The maximum Gasteiger partial charge on any atom is 0.312 e. The predicted octanol–water partition coefficient (Wildman–Crippen LogP) is 3.80. The lowest BCUT2D eigenvalue weighted by molar-refractivity contribution is -0.134. The van der Waals surface area contributed by atoms with Gasteiger partial charge in [-0.25, -0.2) is 13.1 Å². The molecule has 1 aromatic heterocycles. The van der Waals surface area contributed by atoms with Gasteiger partial charge in [-0.15, -0.1) is 0 Å². The Morgan fingerprint density at radius 2 is 1.70 bits per heavy atom. The van der Waals surface area contributed by atoms with Crippen LogP contribution >= 0.6 is 0 Å². The highest BCUT2D eigenvalue weighted by Crippen LogP contribution is 2.33. The van der Waals surface area contributed by atoms with Gasteiger partial charge in [-0.05, 0) is 63.5 Å². The SMILES string of the molecule is CCC(=O)Oc1c(C(=O)c2ccc(S(C)(=O)=O)c(C(C)=C(C)C)c2C)c(C)nn1C. The lowest BCUT2D eigenvalue weighted by Crippen LogP contribution is -2.14. The minimum absolute atomic E-state index is 0.0800. The lowest BCUT2D eigenvalue weighted by Gasteiger charge is -2.17. The summed E-state index contributed by atoms with van der Waals surface area (Å²) in [6, 6.07) is 2.97.